The SMILES string of the molecule is Cn1cc(C(=O)Nc2cccc(C(F)(F)F)c2)nc1N1CCc2nc(N)ncc2C1. The highest BCUT2D eigenvalue weighted by Gasteiger charge is 2.30. The number of benzene rings is 1. The first-order chi connectivity index (χ1) is 14.2. The Labute approximate surface area is 169 Å². The van der Waals surface area contributed by atoms with Crippen molar-refractivity contribution in [2.75, 3.05) is 22.5 Å². The lowest BCUT2D eigenvalue weighted by Crippen LogP contribution is -2.33. The maximum atomic E-state index is 12.9. The first-order valence-corrected chi connectivity index (χ1v) is 9.08. The number of imidazole rings is 1. The van der Waals surface area contributed by atoms with Crippen LogP contribution in [0.25, 0.3) is 0 Å². The molecule has 0 saturated heterocycles. The van der Waals surface area contributed by atoms with Crippen LogP contribution < -0.4 is 16.0 Å². The number of halogens is 3. The molecular formula is C19H18F3N7O. The van der Waals surface area contributed by atoms with Crippen molar-refractivity contribution >= 4 is 23.5 Å². The van der Waals surface area contributed by atoms with E-state index in [-0.39, 0.29) is 17.3 Å². The fourth-order valence-corrected chi connectivity index (χ4v) is 3.33. The second kappa shape index (κ2) is 7.32. The second-order valence-electron chi connectivity index (χ2n) is 6.94. The number of rotatable bonds is 3. The molecule has 0 unspecified atom stereocenters. The van der Waals surface area contributed by atoms with Crippen LogP contribution in [0.15, 0.2) is 36.7 Å². The lowest BCUT2D eigenvalue weighted by molar-refractivity contribution is -0.137. The Bertz CT molecular complexity index is 1110. The Kier molecular flexibility index (Phi) is 4.80. The molecule has 0 spiro atoms. The first kappa shape index (κ1) is 19.7. The lowest BCUT2D eigenvalue weighted by Gasteiger charge is -2.28. The number of hydrogen-bond acceptors (Lipinski definition) is 6. The van der Waals surface area contributed by atoms with Gasteiger partial charge in [0.05, 0.1) is 11.3 Å². The predicted octanol–water partition coefficient (Wildman–Crippen LogP) is 2.63. The molecule has 0 saturated carbocycles. The van der Waals surface area contributed by atoms with E-state index in [9.17, 15) is 18.0 Å². The molecule has 11 heteroatoms. The van der Waals surface area contributed by atoms with Crippen molar-refractivity contribution in [3.8, 4) is 0 Å². The van der Waals surface area contributed by atoms with Gasteiger partial charge in [0.2, 0.25) is 11.9 Å². The van der Waals surface area contributed by atoms with Crippen molar-refractivity contribution in [3.63, 3.8) is 0 Å². The number of aromatic nitrogens is 4. The highest BCUT2D eigenvalue weighted by atomic mass is 19.4. The summed E-state index contributed by atoms with van der Waals surface area (Å²) in [6.45, 7) is 1.14. The van der Waals surface area contributed by atoms with Gasteiger partial charge in [-0.25, -0.2) is 15.0 Å². The first-order valence-electron chi connectivity index (χ1n) is 9.08. The van der Waals surface area contributed by atoms with E-state index in [4.69, 9.17) is 5.73 Å². The summed E-state index contributed by atoms with van der Waals surface area (Å²) in [7, 11) is 1.75. The minimum atomic E-state index is -4.49. The van der Waals surface area contributed by atoms with Gasteiger partial charge in [0.25, 0.3) is 5.91 Å². The number of nitrogens with two attached hydrogens (primary N) is 1. The fourth-order valence-electron chi connectivity index (χ4n) is 3.33. The maximum absolute atomic E-state index is 12.9. The number of nitrogens with zero attached hydrogens (tertiary/aromatic N) is 5. The van der Waals surface area contributed by atoms with Gasteiger partial charge in [-0.2, -0.15) is 13.2 Å². The monoisotopic (exact) mass is 417 g/mol. The van der Waals surface area contributed by atoms with Crippen molar-refractivity contribution in [3.05, 3.63) is 59.2 Å². The Morgan fingerprint density at radius 1 is 1.27 bits per heavy atom. The van der Waals surface area contributed by atoms with Crippen LogP contribution in [0, 0.1) is 0 Å². The van der Waals surface area contributed by atoms with Gasteiger partial charge in [-0.1, -0.05) is 6.07 Å². The molecule has 156 valence electrons. The van der Waals surface area contributed by atoms with Crippen LogP contribution in [-0.4, -0.2) is 32.0 Å². The summed E-state index contributed by atoms with van der Waals surface area (Å²) in [4.78, 5) is 27.1. The molecule has 3 aromatic rings. The van der Waals surface area contributed by atoms with E-state index in [1.54, 1.807) is 17.8 Å². The second-order valence-corrected chi connectivity index (χ2v) is 6.94. The van der Waals surface area contributed by atoms with Crippen LogP contribution in [0.2, 0.25) is 0 Å². The smallest absolute Gasteiger partial charge is 0.368 e. The summed E-state index contributed by atoms with van der Waals surface area (Å²) < 4.78 is 40.3. The number of anilines is 3. The number of nitrogens with one attached hydrogen (secondary N) is 1. The van der Waals surface area contributed by atoms with Gasteiger partial charge in [0.1, 0.15) is 5.69 Å². The van der Waals surface area contributed by atoms with Gasteiger partial charge >= 0.3 is 6.18 Å². The third-order valence-corrected chi connectivity index (χ3v) is 4.77. The number of nitrogen functional groups attached to an aromatic ring is 1. The zero-order valence-corrected chi connectivity index (χ0v) is 15.9. The van der Waals surface area contributed by atoms with Crippen molar-refractivity contribution in [1.29, 1.82) is 0 Å². The number of amides is 1. The molecule has 0 radical (unpaired) electrons. The van der Waals surface area contributed by atoms with E-state index in [0.29, 0.717) is 25.5 Å². The Hall–Kier alpha value is -3.63. The predicted molar refractivity (Wildman–Crippen MR) is 104 cm³/mol. The van der Waals surface area contributed by atoms with Crippen LogP contribution in [0.1, 0.15) is 27.3 Å². The average molecular weight is 417 g/mol. The molecule has 1 aromatic carbocycles. The van der Waals surface area contributed by atoms with E-state index in [2.05, 4.69) is 20.3 Å². The van der Waals surface area contributed by atoms with E-state index >= 15 is 0 Å². The maximum Gasteiger partial charge on any atom is 0.416 e. The minimum absolute atomic E-state index is 0.0451. The highest BCUT2D eigenvalue weighted by molar-refractivity contribution is 6.03. The molecule has 0 aliphatic carbocycles. The van der Waals surface area contributed by atoms with Crippen LogP contribution in [0.3, 0.4) is 0 Å². The van der Waals surface area contributed by atoms with E-state index in [1.807, 2.05) is 4.90 Å². The summed E-state index contributed by atoms with van der Waals surface area (Å²) in [5.41, 5.74) is 6.74. The van der Waals surface area contributed by atoms with Crippen molar-refractivity contribution < 1.29 is 18.0 Å². The number of aryl methyl sites for hydroxylation is 1. The zero-order chi connectivity index (χ0) is 21.5. The van der Waals surface area contributed by atoms with Crippen LogP contribution >= 0.6 is 0 Å². The number of carbonyl (C=O) groups excluding carboxylic acids is 1. The van der Waals surface area contributed by atoms with Crippen LogP contribution in [0.4, 0.5) is 30.8 Å². The molecule has 3 heterocycles. The average Bonchev–Trinajstić information content (AvgIpc) is 3.09. The van der Waals surface area contributed by atoms with Crippen LogP contribution in [-0.2, 0) is 26.2 Å². The third-order valence-electron chi connectivity index (χ3n) is 4.77. The molecule has 1 amide bonds. The van der Waals surface area contributed by atoms with Gasteiger partial charge in [0.15, 0.2) is 0 Å². The Balaban J connectivity index is 1.52. The zero-order valence-electron chi connectivity index (χ0n) is 15.9. The highest BCUT2D eigenvalue weighted by Crippen LogP contribution is 2.31. The minimum Gasteiger partial charge on any atom is -0.368 e. The quantitative estimate of drug-likeness (QED) is 0.679. The van der Waals surface area contributed by atoms with Crippen LogP contribution in [0.5, 0.6) is 0 Å². The summed E-state index contributed by atoms with van der Waals surface area (Å²) in [5.74, 6) is 0.198. The number of carbonyl (C=O) groups is 1. The molecular weight excluding hydrogens is 399 g/mol. The molecule has 3 N–H and O–H groups in total. The summed E-state index contributed by atoms with van der Waals surface area (Å²) >= 11 is 0. The largest absolute Gasteiger partial charge is 0.416 e. The molecule has 0 fully saturated rings. The molecule has 2 aromatic heterocycles. The lowest BCUT2D eigenvalue weighted by atomic mass is 10.1. The van der Waals surface area contributed by atoms with Gasteiger partial charge in [0, 0.05) is 50.2 Å². The van der Waals surface area contributed by atoms with Crippen molar-refractivity contribution in [2.45, 2.75) is 19.1 Å². The van der Waals surface area contributed by atoms with Crippen molar-refractivity contribution in [2.24, 2.45) is 7.05 Å². The fraction of sp³-hybridized carbons (Fsp3) is 0.263. The molecule has 0 atom stereocenters. The molecule has 1 aliphatic heterocycles. The molecule has 8 nitrogen and oxygen atoms in total. The van der Waals surface area contributed by atoms with Gasteiger partial charge < -0.3 is 20.5 Å². The summed E-state index contributed by atoms with van der Waals surface area (Å²) in [6.07, 6.45) is -0.625. The Morgan fingerprint density at radius 2 is 2.07 bits per heavy atom. The van der Waals surface area contributed by atoms with E-state index in [0.717, 1.165) is 23.4 Å². The third kappa shape index (κ3) is 3.91. The summed E-state index contributed by atoms with van der Waals surface area (Å²) in [5, 5.41) is 2.47. The van der Waals surface area contributed by atoms with Gasteiger partial charge in [-0.15, -0.1) is 0 Å². The Morgan fingerprint density at radius 3 is 2.83 bits per heavy atom. The number of fused-ring (bicyclic) bond motifs is 1. The van der Waals surface area contributed by atoms with E-state index in [1.165, 1.54) is 18.3 Å². The van der Waals surface area contributed by atoms with Crippen molar-refractivity contribution in [1.82, 2.24) is 19.5 Å². The van der Waals surface area contributed by atoms with E-state index < -0.39 is 17.6 Å². The van der Waals surface area contributed by atoms with Gasteiger partial charge in [-0.3, -0.25) is 4.79 Å². The normalized spacial score (nSPS) is 13.8. The standard InChI is InChI=1S/C19H18F3N7O/c1-28-10-15(16(30)25-13-4-2-3-12(7-13)19(20,21)22)27-18(28)29-6-5-14-11(9-29)8-24-17(23)26-14/h2-4,7-8,10H,5-6,9H2,1H3,(H,25,30)(H2,23,24,26). The summed E-state index contributed by atoms with van der Waals surface area (Å²) in [6, 6.07) is 4.46. The number of hydrogen-bond donors (Lipinski definition) is 2. The number of alkyl halides is 3. The topological polar surface area (TPSA) is 102 Å². The molecule has 1 aliphatic rings. The van der Waals surface area contributed by atoms with Gasteiger partial charge in [-0.05, 0) is 18.2 Å². The molecule has 4 rings (SSSR count). The molecule has 30 heavy (non-hydrogen) atoms. The molecule has 0 bridgehead atoms.